The van der Waals surface area contributed by atoms with Crippen molar-refractivity contribution in [3.63, 3.8) is 0 Å². The van der Waals surface area contributed by atoms with E-state index in [0.29, 0.717) is 33.6 Å². The van der Waals surface area contributed by atoms with Crippen molar-refractivity contribution in [1.82, 2.24) is 30.7 Å². The summed E-state index contributed by atoms with van der Waals surface area (Å²) in [4.78, 5) is 146. The van der Waals surface area contributed by atoms with Gasteiger partial charge in [-0.3, -0.25) is 75.4 Å². The molecule has 4 aromatic rings. The highest BCUT2D eigenvalue weighted by Crippen LogP contribution is 2.52. The zero-order chi connectivity index (χ0) is 62.6. The third-order valence-corrected chi connectivity index (χ3v) is 16.1. The van der Waals surface area contributed by atoms with Crippen LogP contribution in [0.3, 0.4) is 0 Å². The largest absolute Gasteiger partial charge is 0.456 e. The molecule has 0 saturated carbocycles. The van der Waals surface area contributed by atoms with Crippen LogP contribution < -0.4 is 16.0 Å². The number of rotatable bonds is 22. The average Bonchev–Trinajstić information content (AvgIpc) is 1.59. The lowest BCUT2D eigenvalue weighted by Gasteiger charge is -2.46. The van der Waals surface area contributed by atoms with Crippen molar-refractivity contribution in [2.24, 2.45) is 16.8 Å². The number of carbonyl (C=O) groups is 7. The van der Waals surface area contributed by atoms with Crippen molar-refractivity contribution in [3.05, 3.63) is 170 Å². The van der Waals surface area contributed by atoms with Gasteiger partial charge in [0.15, 0.2) is 0 Å². The number of fused-ring (bicyclic) bond motifs is 1. The molecule has 458 valence electrons. The topological polar surface area (TPSA) is 407 Å². The van der Waals surface area contributed by atoms with Crippen molar-refractivity contribution in [3.8, 4) is 0 Å². The van der Waals surface area contributed by atoms with Gasteiger partial charge in [-0.25, -0.2) is 19.2 Å². The van der Waals surface area contributed by atoms with Crippen LogP contribution in [0.2, 0.25) is 0 Å². The number of likely N-dealkylation sites (tertiary alicyclic amines) is 2. The number of benzene rings is 4. The third kappa shape index (κ3) is 15.8. The van der Waals surface area contributed by atoms with Gasteiger partial charge in [-0.2, -0.15) is 0 Å². The van der Waals surface area contributed by atoms with E-state index in [2.05, 4.69) is 20.9 Å². The number of hydrogen-bond acceptors (Lipinski definition) is 22. The first-order chi connectivity index (χ1) is 41.5. The van der Waals surface area contributed by atoms with Crippen molar-refractivity contribution < 1.29 is 77.3 Å². The van der Waals surface area contributed by atoms with E-state index in [9.17, 15) is 79.1 Å². The molecule has 4 heterocycles. The fourth-order valence-electron chi connectivity index (χ4n) is 10.2. The van der Waals surface area contributed by atoms with E-state index in [1.807, 2.05) is 0 Å². The number of nitrogens with zero attached hydrogens (tertiary/aromatic N) is 8. The Bertz CT molecular complexity index is 3310. The lowest BCUT2D eigenvalue weighted by molar-refractivity contribution is -0.385. The maximum Gasteiger partial charge on any atom is 0.414 e. The lowest BCUT2D eigenvalue weighted by atomic mass is 9.79. The Hall–Kier alpha value is -10.1. The second kappa shape index (κ2) is 28.2. The minimum atomic E-state index is -1.13. The quantitative estimate of drug-likeness (QED) is 0.0108. The van der Waals surface area contributed by atoms with Crippen LogP contribution in [0.15, 0.2) is 113 Å². The summed E-state index contributed by atoms with van der Waals surface area (Å²) in [5.74, 6) is -4.10. The zero-order valence-corrected chi connectivity index (χ0v) is 47.3. The van der Waals surface area contributed by atoms with Gasteiger partial charge in [0.05, 0.1) is 37.8 Å². The second-order valence-electron chi connectivity index (χ2n) is 20.5. The lowest BCUT2D eigenvalue weighted by Crippen LogP contribution is -2.63. The summed E-state index contributed by atoms with van der Waals surface area (Å²) in [6.07, 6.45) is -3.83. The number of thioether (sulfide) groups is 1. The molecule has 0 radical (unpaired) electrons. The third-order valence-electron chi connectivity index (χ3n) is 14.6. The van der Waals surface area contributed by atoms with Crippen LogP contribution in [0.25, 0.3) is 0 Å². The average molecular weight is 1220 g/mol. The normalized spacial score (nSPS) is 19.6. The van der Waals surface area contributed by atoms with Crippen molar-refractivity contribution in [1.29, 1.82) is 0 Å². The summed E-state index contributed by atoms with van der Waals surface area (Å²) >= 11 is 1.17. The first-order valence-corrected chi connectivity index (χ1v) is 27.9. The standard InChI is InChI=1S/C55H57N11O20S/c1-31-46-45(32(2)67)50(70)62(46)47(51(71)83-27-33-5-13-38(14-6-33)63(75)76)48(31)87-42-24-43(61(26-42)55(74)86-30-36-11-19-41(20-12-36)66(81)82)49(69)60-23-21-37(25-60)57-44(68)4-3-22-56-52(58-53(72)84-28-34-7-15-39(16-8-34)64(77)78)59-54(73)85-29-35-9-17-40(18-10-35)65(79)80/h5-20,31-32,37,42-43,45-46,67H,3-4,21-30H2,1-2H3,(H,57,68)(H2,56,58,59,72,73)/t31-,32-,37+,42+,43+,45-,46-/m1/s1. The van der Waals surface area contributed by atoms with E-state index >= 15 is 0 Å². The highest BCUT2D eigenvalue weighted by Gasteiger charge is 2.61. The summed E-state index contributed by atoms with van der Waals surface area (Å²) < 4.78 is 21.7. The molecule has 0 unspecified atom stereocenters. The number of aliphatic hydroxyl groups excluding tert-OH is 1. The summed E-state index contributed by atoms with van der Waals surface area (Å²) in [7, 11) is 0. The Balaban J connectivity index is 0.907. The maximum atomic E-state index is 14.6. The second-order valence-corrected chi connectivity index (χ2v) is 21.9. The number of aliphatic imine (C=N–C) groups is 1. The van der Waals surface area contributed by atoms with Gasteiger partial charge in [0, 0.05) is 103 Å². The Kier molecular flexibility index (Phi) is 20.4. The van der Waals surface area contributed by atoms with Crippen molar-refractivity contribution in [2.75, 3.05) is 26.2 Å². The van der Waals surface area contributed by atoms with Gasteiger partial charge < -0.3 is 39.2 Å². The van der Waals surface area contributed by atoms with Crippen LogP contribution in [0.1, 0.15) is 61.8 Å². The molecule has 4 aromatic carbocycles. The molecule has 3 saturated heterocycles. The number of esters is 1. The molecule has 0 bridgehead atoms. The molecule has 4 N–H and O–H groups in total. The number of nitro benzene ring substituents is 4. The summed E-state index contributed by atoms with van der Waals surface area (Å²) in [6, 6.07) is 18.8. The number of guanidine groups is 1. The van der Waals surface area contributed by atoms with Gasteiger partial charge in [0.2, 0.25) is 23.7 Å². The summed E-state index contributed by atoms with van der Waals surface area (Å²) in [5.41, 5.74) is 0.848. The number of non-ortho nitro benzene ring substituents is 4. The molecular formula is C55H57N11O20S. The Morgan fingerprint density at radius 1 is 0.690 bits per heavy atom. The number of β-lactam (4-membered cyclic amide) rings is 1. The summed E-state index contributed by atoms with van der Waals surface area (Å²) in [6.45, 7) is 1.97. The fraction of sp³-hybridized carbons (Fsp3) is 0.382. The molecule has 4 aliphatic rings. The van der Waals surface area contributed by atoms with Gasteiger partial charge in [0.25, 0.3) is 22.7 Å². The highest BCUT2D eigenvalue weighted by atomic mass is 32.2. The van der Waals surface area contributed by atoms with Crippen LogP contribution in [0, 0.1) is 52.3 Å². The molecule has 7 atom stereocenters. The number of alkyl carbamates (subject to hydrolysis) is 2. The zero-order valence-electron chi connectivity index (χ0n) is 46.5. The molecule has 0 spiro atoms. The summed E-state index contributed by atoms with van der Waals surface area (Å²) in [5, 5.41) is 62.0. The smallest absolute Gasteiger partial charge is 0.414 e. The molecule has 87 heavy (non-hydrogen) atoms. The predicted molar refractivity (Wildman–Crippen MR) is 302 cm³/mol. The van der Waals surface area contributed by atoms with E-state index < -0.39 is 109 Å². The fourth-order valence-corrected chi connectivity index (χ4v) is 11.7. The highest BCUT2D eigenvalue weighted by molar-refractivity contribution is 8.03. The van der Waals surface area contributed by atoms with Crippen molar-refractivity contribution >= 4 is 82.4 Å². The first-order valence-electron chi connectivity index (χ1n) is 27.0. The monoisotopic (exact) mass is 1220 g/mol. The van der Waals surface area contributed by atoms with Gasteiger partial charge in [0.1, 0.15) is 38.2 Å². The molecule has 4 aliphatic heterocycles. The SMILES string of the molecule is C[C@@H](O)[C@H]1C(=O)N2C(C(=O)OCc3ccc([N+](=O)[O-])cc3)=C(S[C@H]3C[C@@H](C(=O)N4CC[C@H](NC(=O)CCCN=C(NC(=O)OCc5ccc([N+](=O)[O-])cc5)NC(=O)OCc5ccc([N+](=O)[O-])cc5)C4)N(C(=O)OCc4ccc([N+](=O)[O-])cc4)C3)[C@H](C)[C@H]12. The number of amides is 6. The first kappa shape index (κ1) is 62.9. The number of ether oxygens (including phenoxy) is 4. The van der Waals surface area contributed by atoms with Gasteiger partial charge in [-0.1, -0.05) is 6.92 Å². The molecule has 32 heteroatoms. The van der Waals surface area contributed by atoms with E-state index in [1.165, 1.54) is 130 Å². The van der Waals surface area contributed by atoms with Crippen LogP contribution >= 0.6 is 11.8 Å². The maximum absolute atomic E-state index is 14.6. The Labute approximate surface area is 497 Å². The Morgan fingerprint density at radius 2 is 1.15 bits per heavy atom. The van der Waals surface area contributed by atoms with Crippen LogP contribution in [0.4, 0.5) is 37.1 Å². The number of aliphatic hydroxyl groups is 1. The number of hydrogen-bond donors (Lipinski definition) is 4. The van der Waals surface area contributed by atoms with Gasteiger partial charge in [-0.05, 0) is 97.0 Å². The van der Waals surface area contributed by atoms with E-state index in [0.717, 1.165) is 0 Å². The molecule has 3 fully saturated rings. The number of nitrogens with one attached hydrogen (secondary N) is 3. The van der Waals surface area contributed by atoms with Gasteiger partial charge >= 0.3 is 24.2 Å². The van der Waals surface area contributed by atoms with Gasteiger partial charge in [-0.15, -0.1) is 11.8 Å². The molecule has 6 amide bonds. The molecular weight excluding hydrogens is 1170 g/mol. The molecule has 8 rings (SSSR count). The van der Waals surface area contributed by atoms with Crippen LogP contribution in [-0.2, 0) is 64.6 Å². The van der Waals surface area contributed by atoms with Crippen LogP contribution in [-0.4, -0.2) is 143 Å². The van der Waals surface area contributed by atoms with E-state index in [-0.39, 0.29) is 100 Å². The van der Waals surface area contributed by atoms with Crippen LogP contribution in [0.5, 0.6) is 0 Å². The van der Waals surface area contributed by atoms with Crippen molar-refractivity contribution in [2.45, 2.75) is 95.4 Å². The van der Waals surface area contributed by atoms with E-state index in [4.69, 9.17) is 18.9 Å². The molecule has 0 aliphatic carbocycles. The van der Waals surface area contributed by atoms with E-state index in [1.54, 1.807) is 6.92 Å². The minimum Gasteiger partial charge on any atom is -0.456 e. The number of nitro groups is 4. The molecule has 31 nitrogen and oxygen atoms in total. The number of carbonyl (C=O) groups excluding carboxylic acids is 7. The Morgan fingerprint density at radius 3 is 1.61 bits per heavy atom. The predicted octanol–water partition coefficient (Wildman–Crippen LogP) is 5.65. The molecule has 0 aromatic heterocycles. The minimum absolute atomic E-state index is 0.0324.